The van der Waals surface area contributed by atoms with Gasteiger partial charge in [-0.05, 0) is 25.1 Å². The molecule has 1 rings (SSSR count). The number of hydrogen-bond acceptors (Lipinski definition) is 4. The fourth-order valence-electron chi connectivity index (χ4n) is 1.70. The maximum absolute atomic E-state index is 12.1. The Morgan fingerprint density at radius 1 is 1.15 bits per heavy atom. The largest absolute Gasteiger partial charge is 0.315 e. The monoisotopic (exact) mass is 298 g/mol. The third kappa shape index (κ3) is 5.03. The topological polar surface area (TPSA) is 75.3 Å². The molecule has 2 N–H and O–H groups in total. The van der Waals surface area contributed by atoms with E-state index >= 15 is 0 Å². The average molecular weight is 298 g/mol. The molecule has 112 valence electrons. The average Bonchev–Trinajstić information content (AvgIpc) is 2.46. The summed E-state index contributed by atoms with van der Waals surface area (Å²) < 4.78 is 26.7. The molecule has 0 amide bonds. The number of benzene rings is 1. The zero-order valence-corrected chi connectivity index (χ0v) is 12.8. The Morgan fingerprint density at radius 2 is 1.90 bits per heavy atom. The van der Waals surface area contributed by atoms with E-state index < -0.39 is 10.0 Å². The Morgan fingerprint density at radius 3 is 2.55 bits per heavy atom. The summed E-state index contributed by atoms with van der Waals surface area (Å²) in [6.07, 6.45) is 1.37. The van der Waals surface area contributed by atoms with Gasteiger partial charge in [0.25, 0.3) is 0 Å². The highest BCUT2D eigenvalue weighted by molar-refractivity contribution is 7.89. The number of hydrogen-bond donors (Lipinski definition) is 2. The second-order valence-electron chi connectivity index (χ2n) is 4.45. The molecule has 0 unspecified atom stereocenters. The van der Waals surface area contributed by atoms with Crippen molar-refractivity contribution in [1.82, 2.24) is 10.0 Å². The fraction of sp³-hybridized carbons (Fsp3) is 0.500. The van der Waals surface area contributed by atoms with Crippen LogP contribution in [0.15, 0.2) is 29.2 Å². The predicted molar refractivity (Wildman–Crippen MR) is 79.4 cm³/mol. The number of sulfonamides is 1. The van der Waals surface area contributed by atoms with Crippen LogP contribution < -0.4 is 10.0 Å². The van der Waals surface area contributed by atoms with Crippen molar-refractivity contribution in [2.45, 2.75) is 31.6 Å². The van der Waals surface area contributed by atoms with E-state index in [0.717, 1.165) is 13.0 Å². The molecule has 1 aromatic carbocycles. The van der Waals surface area contributed by atoms with Crippen LogP contribution in [0.2, 0.25) is 0 Å². The van der Waals surface area contributed by atoms with E-state index in [1.807, 2.05) is 6.92 Å². The maximum Gasteiger partial charge on any atom is 0.240 e. The van der Waals surface area contributed by atoms with Gasteiger partial charge < -0.3 is 5.32 Å². The summed E-state index contributed by atoms with van der Waals surface area (Å²) in [5.74, 6) is -0.0633. The Balaban J connectivity index is 2.70. The normalized spacial score (nSPS) is 11.5. The SMILES string of the molecule is CCCNCCNS(=O)(=O)c1cccc(C(=O)CC)c1. The molecule has 0 aliphatic rings. The second-order valence-corrected chi connectivity index (χ2v) is 6.22. The number of Topliss-reactive ketones (excluding diaryl/α,β-unsaturated/α-hetero) is 1. The molecule has 0 fully saturated rings. The third-order valence-corrected chi connectivity index (χ3v) is 4.27. The van der Waals surface area contributed by atoms with Crippen LogP contribution in [0, 0.1) is 0 Å². The first-order valence-electron chi connectivity index (χ1n) is 6.85. The highest BCUT2D eigenvalue weighted by Gasteiger charge is 2.15. The lowest BCUT2D eigenvalue weighted by Gasteiger charge is -2.08. The Labute approximate surface area is 120 Å². The summed E-state index contributed by atoms with van der Waals surface area (Å²) in [5.41, 5.74) is 0.430. The highest BCUT2D eigenvalue weighted by atomic mass is 32.2. The molecular weight excluding hydrogens is 276 g/mol. The zero-order valence-electron chi connectivity index (χ0n) is 12.0. The molecular formula is C14H22N2O3S. The minimum atomic E-state index is -3.55. The van der Waals surface area contributed by atoms with Gasteiger partial charge in [0.2, 0.25) is 10.0 Å². The van der Waals surface area contributed by atoms with Crippen LogP contribution >= 0.6 is 0 Å². The van der Waals surface area contributed by atoms with Crippen LogP contribution in [0.25, 0.3) is 0 Å². The maximum atomic E-state index is 12.1. The summed E-state index contributed by atoms with van der Waals surface area (Å²) in [4.78, 5) is 11.7. The zero-order chi connectivity index (χ0) is 15.0. The summed E-state index contributed by atoms with van der Waals surface area (Å²) in [5, 5.41) is 3.12. The van der Waals surface area contributed by atoms with Crippen molar-refractivity contribution in [2.24, 2.45) is 0 Å². The fourth-order valence-corrected chi connectivity index (χ4v) is 2.78. The molecule has 0 spiro atoms. The number of carbonyl (C=O) groups excluding carboxylic acids is 1. The van der Waals surface area contributed by atoms with E-state index in [0.29, 0.717) is 25.1 Å². The van der Waals surface area contributed by atoms with Crippen molar-refractivity contribution >= 4 is 15.8 Å². The van der Waals surface area contributed by atoms with E-state index in [9.17, 15) is 13.2 Å². The quantitative estimate of drug-likeness (QED) is 0.536. The van der Waals surface area contributed by atoms with Gasteiger partial charge in [-0.3, -0.25) is 4.79 Å². The number of nitrogens with one attached hydrogen (secondary N) is 2. The van der Waals surface area contributed by atoms with Crippen molar-refractivity contribution < 1.29 is 13.2 Å². The smallest absolute Gasteiger partial charge is 0.240 e. The van der Waals surface area contributed by atoms with Gasteiger partial charge in [-0.1, -0.05) is 26.0 Å². The number of rotatable bonds is 9. The van der Waals surface area contributed by atoms with Crippen LogP contribution in [-0.4, -0.2) is 33.8 Å². The molecule has 0 aromatic heterocycles. The number of ketones is 1. The molecule has 0 radical (unpaired) electrons. The van der Waals surface area contributed by atoms with Crippen LogP contribution in [0.4, 0.5) is 0 Å². The standard InChI is InChI=1S/C14H22N2O3S/c1-3-8-15-9-10-16-20(18,19)13-7-5-6-12(11-13)14(17)4-2/h5-7,11,15-16H,3-4,8-10H2,1-2H3. The minimum absolute atomic E-state index is 0.0633. The van der Waals surface area contributed by atoms with Crippen molar-refractivity contribution in [2.75, 3.05) is 19.6 Å². The summed E-state index contributed by atoms with van der Waals surface area (Å²) >= 11 is 0. The van der Waals surface area contributed by atoms with Crippen LogP contribution in [0.1, 0.15) is 37.0 Å². The van der Waals surface area contributed by atoms with E-state index in [-0.39, 0.29) is 10.7 Å². The Hall–Kier alpha value is -1.24. The van der Waals surface area contributed by atoms with E-state index in [1.165, 1.54) is 12.1 Å². The van der Waals surface area contributed by atoms with Crippen molar-refractivity contribution in [3.05, 3.63) is 29.8 Å². The van der Waals surface area contributed by atoms with Crippen LogP contribution in [0.5, 0.6) is 0 Å². The molecule has 5 nitrogen and oxygen atoms in total. The molecule has 0 saturated carbocycles. The van der Waals surface area contributed by atoms with Gasteiger partial charge in [-0.15, -0.1) is 0 Å². The molecule has 0 bridgehead atoms. The van der Waals surface area contributed by atoms with Crippen LogP contribution in [0.3, 0.4) is 0 Å². The summed E-state index contributed by atoms with van der Waals surface area (Å²) in [7, 11) is -3.55. The second kappa shape index (κ2) is 8.14. The molecule has 0 aliphatic carbocycles. The highest BCUT2D eigenvalue weighted by Crippen LogP contribution is 2.12. The molecule has 0 heterocycles. The first-order valence-corrected chi connectivity index (χ1v) is 8.33. The van der Waals surface area contributed by atoms with Gasteiger partial charge in [-0.25, -0.2) is 13.1 Å². The van der Waals surface area contributed by atoms with Crippen molar-refractivity contribution in [3.63, 3.8) is 0 Å². The molecule has 6 heteroatoms. The molecule has 20 heavy (non-hydrogen) atoms. The minimum Gasteiger partial charge on any atom is -0.315 e. The lowest BCUT2D eigenvalue weighted by molar-refractivity contribution is 0.0988. The van der Waals surface area contributed by atoms with Gasteiger partial charge in [0.1, 0.15) is 0 Å². The van der Waals surface area contributed by atoms with Gasteiger partial charge in [-0.2, -0.15) is 0 Å². The van der Waals surface area contributed by atoms with E-state index in [1.54, 1.807) is 19.1 Å². The molecule has 0 saturated heterocycles. The molecule has 0 atom stereocenters. The molecule has 0 aliphatic heterocycles. The van der Waals surface area contributed by atoms with Crippen molar-refractivity contribution in [1.29, 1.82) is 0 Å². The number of carbonyl (C=O) groups is 1. The lowest BCUT2D eigenvalue weighted by Crippen LogP contribution is -2.32. The van der Waals surface area contributed by atoms with Gasteiger partial charge >= 0.3 is 0 Å². The Kier molecular flexibility index (Phi) is 6.84. The molecule has 1 aromatic rings. The van der Waals surface area contributed by atoms with Crippen LogP contribution in [-0.2, 0) is 10.0 Å². The van der Waals surface area contributed by atoms with Gasteiger partial charge in [0.15, 0.2) is 5.78 Å². The first-order chi connectivity index (χ1) is 9.51. The summed E-state index contributed by atoms with van der Waals surface area (Å²) in [6.45, 7) is 5.58. The predicted octanol–water partition coefficient (Wildman–Crippen LogP) is 1.56. The third-order valence-electron chi connectivity index (χ3n) is 2.81. The Bertz CT molecular complexity index is 541. The van der Waals surface area contributed by atoms with E-state index in [2.05, 4.69) is 10.0 Å². The summed E-state index contributed by atoms with van der Waals surface area (Å²) in [6, 6.07) is 6.14. The van der Waals surface area contributed by atoms with Crippen molar-refractivity contribution in [3.8, 4) is 0 Å². The van der Waals surface area contributed by atoms with E-state index in [4.69, 9.17) is 0 Å². The first kappa shape index (κ1) is 16.8. The van der Waals surface area contributed by atoms with Gasteiger partial charge in [0.05, 0.1) is 4.90 Å². The van der Waals surface area contributed by atoms with Gasteiger partial charge in [0, 0.05) is 25.1 Å². The lowest BCUT2D eigenvalue weighted by atomic mass is 10.1.